The van der Waals surface area contributed by atoms with Gasteiger partial charge in [-0.05, 0) is 49.6 Å². The van der Waals surface area contributed by atoms with E-state index >= 15 is 0 Å². The smallest absolute Gasteiger partial charge is 0.253 e. The predicted molar refractivity (Wildman–Crippen MR) is 99.9 cm³/mol. The number of carbonyl (C=O) groups is 2. The number of hydrogen-bond donors (Lipinski definition) is 1. The van der Waals surface area contributed by atoms with E-state index in [1.54, 1.807) is 29.2 Å². The minimum absolute atomic E-state index is 0.0297. The van der Waals surface area contributed by atoms with Gasteiger partial charge in [-0.2, -0.15) is 0 Å². The van der Waals surface area contributed by atoms with Crippen LogP contribution in [-0.4, -0.2) is 29.8 Å². The number of amides is 2. The number of halogens is 1. The van der Waals surface area contributed by atoms with Crippen LogP contribution in [0.1, 0.15) is 28.8 Å². The largest absolute Gasteiger partial charge is 0.338 e. The molecule has 1 fully saturated rings. The topological polar surface area (TPSA) is 49.4 Å². The first-order chi connectivity index (χ1) is 12.0. The monoisotopic (exact) mass is 356 g/mol. The molecular weight excluding hydrogens is 336 g/mol. The summed E-state index contributed by atoms with van der Waals surface area (Å²) in [6.07, 6.45) is 1.61. The van der Waals surface area contributed by atoms with Crippen LogP contribution in [0.25, 0.3) is 0 Å². The van der Waals surface area contributed by atoms with Crippen molar-refractivity contribution in [3.63, 3.8) is 0 Å². The number of piperidine rings is 1. The zero-order chi connectivity index (χ0) is 17.8. The molecule has 1 atom stereocenters. The van der Waals surface area contributed by atoms with E-state index in [4.69, 9.17) is 11.6 Å². The second-order valence-corrected chi connectivity index (χ2v) is 6.84. The maximum Gasteiger partial charge on any atom is 0.253 e. The second-order valence-electron chi connectivity index (χ2n) is 6.40. The van der Waals surface area contributed by atoms with Gasteiger partial charge in [-0.25, -0.2) is 0 Å². The van der Waals surface area contributed by atoms with Crippen molar-refractivity contribution in [1.29, 1.82) is 0 Å². The number of hydrogen-bond acceptors (Lipinski definition) is 2. The summed E-state index contributed by atoms with van der Waals surface area (Å²) in [6.45, 7) is 3.06. The summed E-state index contributed by atoms with van der Waals surface area (Å²) in [5.41, 5.74) is 2.41. The van der Waals surface area contributed by atoms with Crippen LogP contribution in [0.3, 0.4) is 0 Å². The van der Waals surface area contributed by atoms with Crippen molar-refractivity contribution in [3.05, 3.63) is 64.7 Å². The molecule has 4 nitrogen and oxygen atoms in total. The molecule has 1 unspecified atom stereocenters. The van der Waals surface area contributed by atoms with Gasteiger partial charge in [-0.1, -0.05) is 35.9 Å². The van der Waals surface area contributed by atoms with Crippen LogP contribution < -0.4 is 5.32 Å². The van der Waals surface area contributed by atoms with Crippen LogP contribution in [0.4, 0.5) is 5.69 Å². The third kappa shape index (κ3) is 4.20. The molecule has 2 aromatic carbocycles. The van der Waals surface area contributed by atoms with Crippen LogP contribution >= 0.6 is 11.6 Å². The molecule has 0 radical (unpaired) electrons. The third-order valence-electron chi connectivity index (χ3n) is 4.55. The van der Waals surface area contributed by atoms with Gasteiger partial charge in [0.1, 0.15) is 0 Å². The minimum Gasteiger partial charge on any atom is -0.338 e. The number of nitrogens with zero attached hydrogens (tertiary/aromatic N) is 1. The van der Waals surface area contributed by atoms with Gasteiger partial charge in [0.25, 0.3) is 5.91 Å². The first-order valence-electron chi connectivity index (χ1n) is 8.46. The Hall–Kier alpha value is -2.33. The van der Waals surface area contributed by atoms with Gasteiger partial charge in [-0.15, -0.1) is 0 Å². The van der Waals surface area contributed by atoms with Crippen LogP contribution in [0.2, 0.25) is 5.02 Å². The van der Waals surface area contributed by atoms with Gasteiger partial charge in [0.15, 0.2) is 0 Å². The summed E-state index contributed by atoms with van der Waals surface area (Å²) in [6, 6.07) is 14.6. The fraction of sp³-hybridized carbons (Fsp3) is 0.300. The van der Waals surface area contributed by atoms with E-state index in [1.807, 2.05) is 31.2 Å². The highest BCUT2D eigenvalue weighted by molar-refractivity contribution is 6.30. The molecule has 1 aliphatic heterocycles. The molecule has 1 saturated heterocycles. The van der Waals surface area contributed by atoms with Crippen LogP contribution in [-0.2, 0) is 4.79 Å². The van der Waals surface area contributed by atoms with Crippen molar-refractivity contribution in [1.82, 2.24) is 4.90 Å². The minimum atomic E-state index is -0.198. The zero-order valence-corrected chi connectivity index (χ0v) is 14.9. The lowest BCUT2D eigenvalue weighted by Gasteiger charge is -2.32. The van der Waals surface area contributed by atoms with Gasteiger partial charge in [0, 0.05) is 29.4 Å². The molecule has 3 rings (SSSR count). The first-order valence-corrected chi connectivity index (χ1v) is 8.84. The van der Waals surface area contributed by atoms with E-state index in [9.17, 15) is 9.59 Å². The number of anilines is 1. The fourth-order valence-corrected chi connectivity index (χ4v) is 3.32. The Balaban J connectivity index is 1.67. The van der Waals surface area contributed by atoms with Crippen molar-refractivity contribution in [2.24, 2.45) is 5.92 Å². The molecule has 0 aliphatic carbocycles. The zero-order valence-electron chi connectivity index (χ0n) is 14.2. The number of carbonyl (C=O) groups excluding carboxylic acids is 2. The van der Waals surface area contributed by atoms with Gasteiger partial charge in [0.2, 0.25) is 5.91 Å². The van der Waals surface area contributed by atoms with Gasteiger partial charge < -0.3 is 10.2 Å². The molecule has 25 heavy (non-hydrogen) atoms. The molecule has 0 spiro atoms. The molecule has 2 amide bonds. The molecule has 5 heteroatoms. The van der Waals surface area contributed by atoms with E-state index in [0.717, 1.165) is 24.1 Å². The Bertz CT molecular complexity index is 791. The molecule has 1 N–H and O–H groups in total. The van der Waals surface area contributed by atoms with Crippen molar-refractivity contribution >= 4 is 29.1 Å². The van der Waals surface area contributed by atoms with E-state index in [2.05, 4.69) is 5.32 Å². The Labute approximate surface area is 152 Å². The predicted octanol–water partition coefficient (Wildman–Crippen LogP) is 4.14. The van der Waals surface area contributed by atoms with Gasteiger partial charge >= 0.3 is 0 Å². The quantitative estimate of drug-likeness (QED) is 0.898. The highest BCUT2D eigenvalue weighted by Crippen LogP contribution is 2.22. The summed E-state index contributed by atoms with van der Waals surface area (Å²) >= 11 is 5.98. The Kier molecular flexibility index (Phi) is 5.39. The van der Waals surface area contributed by atoms with Gasteiger partial charge in [-0.3, -0.25) is 9.59 Å². The third-order valence-corrected chi connectivity index (χ3v) is 4.79. The summed E-state index contributed by atoms with van der Waals surface area (Å²) in [5, 5.41) is 3.53. The number of benzene rings is 2. The molecule has 130 valence electrons. The lowest BCUT2D eigenvalue weighted by atomic mass is 9.96. The maximum atomic E-state index is 12.7. The lowest BCUT2D eigenvalue weighted by Crippen LogP contribution is -2.43. The van der Waals surface area contributed by atoms with E-state index in [1.165, 1.54) is 0 Å². The summed E-state index contributed by atoms with van der Waals surface area (Å²) in [4.78, 5) is 27.0. The second kappa shape index (κ2) is 7.70. The average molecular weight is 357 g/mol. The van der Waals surface area contributed by atoms with Gasteiger partial charge in [0.05, 0.1) is 5.92 Å². The average Bonchev–Trinajstić information content (AvgIpc) is 2.63. The SMILES string of the molecule is Cc1ccccc1NC(=O)C1CCCN(C(=O)c2cccc(Cl)c2)C1. The Morgan fingerprint density at radius 1 is 1.16 bits per heavy atom. The summed E-state index contributed by atoms with van der Waals surface area (Å²) in [5.74, 6) is -0.301. The van der Waals surface area contributed by atoms with Crippen LogP contribution in [0.5, 0.6) is 0 Å². The molecule has 0 bridgehead atoms. The first kappa shape index (κ1) is 17.5. The molecule has 0 saturated carbocycles. The lowest BCUT2D eigenvalue weighted by molar-refractivity contribution is -0.121. The number of rotatable bonds is 3. The highest BCUT2D eigenvalue weighted by atomic mass is 35.5. The van der Waals surface area contributed by atoms with Crippen LogP contribution in [0, 0.1) is 12.8 Å². The summed E-state index contributed by atoms with van der Waals surface area (Å²) < 4.78 is 0. The number of likely N-dealkylation sites (tertiary alicyclic amines) is 1. The van der Waals surface area contributed by atoms with E-state index in [0.29, 0.717) is 23.7 Å². The number of nitrogens with one attached hydrogen (secondary N) is 1. The number of para-hydroxylation sites is 1. The van der Waals surface area contributed by atoms with E-state index in [-0.39, 0.29) is 17.7 Å². The van der Waals surface area contributed by atoms with Crippen molar-refractivity contribution < 1.29 is 9.59 Å². The molecule has 0 aromatic heterocycles. The molecule has 1 heterocycles. The van der Waals surface area contributed by atoms with Crippen molar-refractivity contribution in [3.8, 4) is 0 Å². The maximum absolute atomic E-state index is 12.7. The molecular formula is C20H21ClN2O2. The van der Waals surface area contributed by atoms with E-state index < -0.39 is 0 Å². The fourth-order valence-electron chi connectivity index (χ4n) is 3.13. The standard InChI is InChI=1S/C20H21ClN2O2/c1-14-6-2-3-10-18(14)22-19(24)16-8-5-11-23(13-16)20(25)15-7-4-9-17(21)12-15/h2-4,6-7,9-10,12,16H,5,8,11,13H2,1H3,(H,22,24). The number of aryl methyl sites for hydroxylation is 1. The van der Waals surface area contributed by atoms with Crippen molar-refractivity contribution in [2.45, 2.75) is 19.8 Å². The van der Waals surface area contributed by atoms with Crippen LogP contribution in [0.15, 0.2) is 48.5 Å². The molecule has 2 aromatic rings. The Morgan fingerprint density at radius 3 is 2.72 bits per heavy atom. The normalized spacial score (nSPS) is 17.2. The highest BCUT2D eigenvalue weighted by Gasteiger charge is 2.29. The Morgan fingerprint density at radius 2 is 1.96 bits per heavy atom. The molecule has 1 aliphatic rings. The summed E-state index contributed by atoms with van der Waals surface area (Å²) in [7, 11) is 0. The van der Waals surface area contributed by atoms with Crippen molar-refractivity contribution in [2.75, 3.05) is 18.4 Å².